The van der Waals surface area contributed by atoms with Crippen LogP contribution in [0.2, 0.25) is 0 Å². The standard InChI is InChI=1S/C15H24N2O3/c1-4-17(9-10-18)15(19)16-8-11-20-14-12(2)6-5-7-13(14)3/h5-7,18H,4,8-11H2,1-3H3,(H,16,19). The molecule has 0 atom stereocenters. The molecule has 0 saturated carbocycles. The third-order valence-corrected chi connectivity index (χ3v) is 3.07. The summed E-state index contributed by atoms with van der Waals surface area (Å²) in [5, 5.41) is 11.6. The van der Waals surface area contributed by atoms with Crippen LogP contribution in [0.5, 0.6) is 5.75 Å². The molecule has 0 saturated heterocycles. The molecule has 0 unspecified atom stereocenters. The molecule has 0 radical (unpaired) electrons. The largest absolute Gasteiger partial charge is 0.491 e. The lowest BCUT2D eigenvalue weighted by Gasteiger charge is -2.20. The summed E-state index contributed by atoms with van der Waals surface area (Å²) in [6.07, 6.45) is 0. The van der Waals surface area contributed by atoms with Crippen LogP contribution in [0.15, 0.2) is 18.2 Å². The summed E-state index contributed by atoms with van der Waals surface area (Å²) in [5.74, 6) is 0.879. The second-order valence-corrected chi connectivity index (χ2v) is 4.60. The first-order chi connectivity index (χ1) is 9.60. The molecule has 2 amide bonds. The molecule has 0 heterocycles. The highest BCUT2D eigenvalue weighted by Gasteiger charge is 2.09. The summed E-state index contributed by atoms with van der Waals surface area (Å²) in [7, 11) is 0. The zero-order valence-electron chi connectivity index (χ0n) is 12.5. The van der Waals surface area contributed by atoms with Crippen LogP contribution in [0.25, 0.3) is 0 Å². The topological polar surface area (TPSA) is 61.8 Å². The van der Waals surface area contributed by atoms with Gasteiger partial charge in [0.15, 0.2) is 0 Å². The summed E-state index contributed by atoms with van der Waals surface area (Å²) >= 11 is 0. The first-order valence-corrected chi connectivity index (χ1v) is 6.92. The molecule has 0 spiro atoms. The number of carbonyl (C=O) groups excluding carboxylic acids is 1. The first kappa shape index (κ1) is 16.3. The lowest BCUT2D eigenvalue weighted by molar-refractivity contribution is 0.178. The number of nitrogens with zero attached hydrogens (tertiary/aromatic N) is 1. The van der Waals surface area contributed by atoms with Gasteiger partial charge in [-0.1, -0.05) is 18.2 Å². The number of para-hydroxylation sites is 1. The van der Waals surface area contributed by atoms with E-state index in [1.165, 1.54) is 0 Å². The van der Waals surface area contributed by atoms with Crippen molar-refractivity contribution in [3.05, 3.63) is 29.3 Å². The van der Waals surface area contributed by atoms with Gasteiger partial charge in [-0.2, -0.15) is 0 Å². The second-order valence-electron chi connectivity index (χ2n) is 4.60. The first-order valence-electron chi connectivity index (χ1n) is 6.92. The maximum Gasteiger partial charge on any atom is 0.317 e. The number of rotatable bonds is 7. The number of hydrogen-bond donors (Lipinski definition) is 2. The number of urea groups is 1. The Labute approximate surface area is 120 Å². The molecule has 1 rings (SSSR count). The lowest BCUT2D eigenvalue weighted by Crippen LogP contribution is -2.42. The van der Waals surface area contributed by atoms with E-state index in [1.54, 1.807) is 4.90 Å². The van der Waals surface area contributed by atoms with E-state index in [-0.39, 0.29) is 12.6 Å². The smallest absolute Gasteiger partial charge is 0.317 e. The van der Waals surface area contributed by atoms with Crippen molar-refractivity contribution in [3.8, 4) is 5.75 Å². The minimum Gasteiger partial charge on any atom is -0.491 e. The van der Waals surface area contributed by atoms with Gasteiger partial charge < -0.3 is 20.1 Å². The molecule has 112 valence electrons. The molecule has 0 fully saturated rings. The molecule has 1 aromatic rings. The van der Waals surface area contributed by atoms with Gasteiger partial charge in [-0.15, -0.1) is 0 Å². The molecule has 5 nitrogen and oxygen atoms in total. The minimum atomic E-state index is -0.174. The third-order valence-electron chi connectivity index (χ3n) is 3.07. The maximum atomic E-state index is 11.8. The molecular formula is C15H24N2O3. The van der Waals surface area contributed by atoms with Gasteiger partial charge in [-0.05, 0) is 31.9 Å². The van der Waals surface area contributed by atoms with E-state index < -0.39 is 0 Å². The van der Waals surface area contributed by atoms with E-state index in [0.29, 0.717) is 26.2 Å². The van der Waals surface area contributed by atoms with Gasteiger partial charge in [-0.3, -0.25) is 0 Å². The summed E-state index contributed by atoms with van der Waals surface area (Å²) in [6.45, 7) is 7.64. The van der Waals surface area contributed by atoms with Crippen LogP contribution < -0.4 is 10.1 Å². The highest BCUT2D eigenvalue weighted by molar-refractivity contribution is 5.74. The van der Waals surface area contributed by atoms with Crippen molar-refractivity contribution in [2.75, 3.05) is 32.8 Å². The molecule has 2 N–H and O–H groups in total. The average molecular weight is 280 g/mol. The number of ether oxygens (including phenoxy) is 1. The number of amides is 2. The summed E-state index contributed by atoms with van der Waals surface area (Å²) < 4.78 is 5.71. The van der Waals surface area contributed by atoms with Crippen molar-refractivity contribution in [1.29, 1.82) is 0 Å². The van der Waals surface area contributed by atoms with Gasteiger partial charge in [0.05, 0.1) is 13.2 Å². The normalized spacial score (nSPS) is 10.2. The van der Waals surface area contributed by atoms with Gasteiger partial charge in [0.25, 0.3) is 0 Å². The Morgan fingerprint density at radius 1 is 1.35 bits per heavy atom. The van der Waals surface area contributed by atoms with Crippen molar-refractivity contribution >= 4 is 6.03 Å². The number of aliphatic hydroxyl groups excluding tert-OH is 1. The minimum absolute atomic E-state index is 0.0276. The van der Waals surface area contributed by atoms with Gasteiger partial charge >= 0.3 is 6.03 Å². The number of hydrogen-bond acceptors (Lipinski definition) is 3. The van der Waals surface area contributed by atoms with Crippen LogP contribution in [0.4, 0.5) is 4.79 Å². The van der Waals surface area contributed by atoms with Crippen molar-refractivity contribution in [2.24, 2.45) is 0 Å². The highest BCUT2D eigenvalue weighted by Crippen LogP contribution is 2.21. The Balaban J connectivity index is 2.36. The lowest BCUT2D eigenvalue weighted by atomic mass is 10.1. The van der Waals surface area contributed by atoms with E-state index in [0.717, 1.165) is 16.9 Å². The van der Waals surface area contributed by atoms with Crippen molar-refractivity contribution in [2.45, 2.75) is 20.8 Å². The molecule has 0 aliphatic carbocycles. The van der Waals surface area contributed by atoms with E-state index in [4.69, 9.17) is 9.84 Å². The number of carbonyl (C=O) groups is 1. The van der Waals surface area contributed by atoms with Gasteiger partial charge in [-0.25, -0.2) is 4.79 Å². The van der Waals surface area contributed by atoms with Crippen molar-refractivity contribution in [1.82, 2.24) is 10.2 Å². The van der Waals surface area contributed by atoms with Crippen molar-refractivity contribution < 1.29 is 14.6 Å². The number of benzene rings is 1. The Hall–Kier alpha value is -1.75. The summed E-state index contributed by atoms with van der Waals surface area (Å²) in [6, 6.07) is 5.82. The molecule has 20 heavy (non-hydrogen) atoms. The SMILES string of the molecule is CCN(CCO)C(=O)NCCOc1c(C)cccc1C. The number of aliphatic hydroxyl groups is 1. The molecule has 0 aliphatic rings. The number of aryl methyl sites for hydroxylation is 2. The van der Waals surface area contributed by atoms with Crippen LogP contribution in [-0.2, 0) is 0 Å². The van der Waals surface area contributed by atoms with Crippen LogP contribution in [0.1, 0.15) is 18.1 Å². The van der Waals surface area contributed by atoms with Crippen LogP contribution in [0.3, 0.4) is 0 Å². The maximum absolute atomic E-state index is 11.8. The fraction of sp³-hybridized carbons (Fsp3) is 0.533. The third kappa shape index (κ3) is 4.74. The van der Waals surface area contributed by atoms with Gasteiger partial charge in [0, 0.05) is 13.1 Å². The zero-order chi connectivity index (χ0) is 15.0. The zero-order valence-corrected chi connectivity index (χ0v) is 12.5. The van der Waals surface area contributed by atoms with E-state index in [1.807, 2.05) is 39.0 Å². The molecule has 5 heteroatoms. The van der Waals surface area contributed by atoms with Gasteiger partial charge in [0.1, 0.15) is 12.4 Å². The fourth-order valence-corrected chi connectivity index (χ4v) is 1.97. The van der Waals surface area contributed by atoms with Gasteiger partial charge in [0.2, 0.25) is 0 Å². The molecule has 0 bridgehead atoms. The molecule has 0 aromatic heterocycles. The quantitative estimate of drug-likeness (QED) is 0.747. The number of nitrogens with one attached hydrogen (secondary N) is 1. The van der Waals surface area contributed by atoms with Crippen molar-refractivity contribution in [3.63, 3.8) is 0 Å². The number of likely N-dealkylation sites (N-methyl/N-ethyl adjacent to an activating group) is 1. The van der Waals surface area contributed by atoms with Crippen LogP contribution >= 0.6 is 0 Å². The predicted octanol–water partition coefficient (Wildman–Crippen LogP) is 1.71. The predicted molar refractivity (Wildman–Crippen MR) is 79.1 cm³/mol. The molecular weight excluding hydrogens is 256 g/mol. The Morgan fingerprint density at radius 2 is 2.00 bits per heavy atom. The monoisotopic (exact) mass is 280 g/mol. The summed E-state index contributed by atoms with van der Waals surface area (Å²) in [4.78, 5) is 13.3. The van der Waals surface area contributed by atoms with E-state index in [9.17, 15) is 4.79 Å². The molecule has 1 aromatic carbocycles. The average Bonchev–Trinajstić information content (AvgIpc) is 2.43. The second kappa shape index (κ2) is 8.43. The molecule has 0 aliphatic heterocycles. The summed E-state index contributed by atoms with van der Waals surface area (Å²) in [5.41, 5.74) is 2.18. The fourth-order valence-electron chi connectivity index (χ4n) is 1.97. The van der Waals surface area contributed by atoms with E-state index in [2.05, 4.69) is 5.32 Å². The Morgan fingerprint density at radius 3 is 2.55 bits per heavy atom. The Bertz CT molecular complexity index is 415. The Kier molecular flexibility index (Phi) is 6.87. The van der Waals surface area contributed by atoms with E-state index >= 15 is 0 Å². The highest BCUT2D eigenvalue weighted by atomic mass is 16.5. The van der Waals surface area contributed by atoms with Crippen LogP contribution in [-0.4, -0.2) is 48.9 Å². The van der Waals surface area contributed by atoms with Crippen LogP contribution in [0, 0.1) is 13.8 Å².